The number of alkyl halides is 3. The number of ether oxygens (including phenoxy) is 1. The van der Waals surface area contributed by atoms with Gasteiger partial charge in [-0.25, -0.2) is 4.79 Å². The molecule has 1 aromatic carbocycles. The summed E-state index contributed by atoms with van der Waals surface area (Å²) in [6.45, 7) is 8.25. The van der Waals surface area contributed by atoms with Gasteiger partial charge in [-0.15, -0.1) is 0 Å². The number of rotatable bonds is 2. The van der Waals surface area contributed by atoms with Crippen LogP contribution in [0.25, 0.3) is 0 Å². The maximum Gasteiger partial charge on any atom is 0.416 e. The quantitative estimate of drug-likeness (QED) is 0.857. The summed E-state index contributed by atoms with van der Waals surface area (Å²) in [6.07, 6.45) is -5.35. The van der Waals surface area contributed by atoms with Crippen molar-refractivity contribution in [3.63, 3.8) is 0 Å². The molecule has 0 spiro atoms. The summed E-state index contributed by atoms with van der Waals surface area (Å²) >= 11 is 0. The second-order valence-corrected chi connectivity index (χ2v) is 6.61. The number of hydrogen-bond acceptors (Lipinski definition) is 3. The Balaban J connectivity index is 3.21. The molecular weight excluding hydrogens is 297 g/mol. The number of nitrogens with one attached hydrogen (secondary N) is 1. The van der Waals surface area contributed by atoms with E-state index < -0.39 is 29.0 Å². The molecule has 0 atom stereocenters. The molecule has 0 aliphatic heterocycles. The van der Waals surface area contributed by atoms with Gasteiger partial charge in [-0.2, -0.15) is 13.2 Å². The predicted molar refractivity (Wildman–Crippen MR) is 78.5 cm³/mol. The van der Waals surface area contributed by atoms with Gasteiger partial charge in [0.25, 0.3) is 0 Å². The number of benzene rings is 1. The molecule has 7 heteroatoms. The van der Waals surface area contributed by atoms with E-state index in [0.29, 0.717) is 5.56 Å². The number of hydrogen-bond donors (Lipinski definition) is 2. The third kappa shape index (κ3) is 5.22. The molecular formula is C15H21F3N2O2. The highest BCUT2D eigenvalue weighted by Gasteiger charge is 2.32. The SMILES string of the molecule is CC(C)(C)OC(=O)Nc1cc(C(F)(F)F)ccc1C(C)(C)N. The molecule has 0 radical (unpaired) electrons. The first-order valence-corrected chi connectivity index (χ1v) is 6.71. The molecule has 0 fully saturated rings. The zero-order chi connectivity index (χ0) is 17.3. The first-order chi connectivity index (χ1) is 9.70. The second kappa shape index (κ2) is 5.79. The number of amides is 1. The van der Waals surface area contributed by atoms with Gasteiger partial charge in [0.1, 0.15) is 5.60 Å². The highest BCUT2D eigenvalue weighted by Crippen LogP contribution is 2.35. The lowest BCUT2D eigenvalue weighted by molar-refractivity contribution is -0.137. The van der Waals surface area contributed by atoms with Crippen molar-refractivity contribution in [2.75, 3.05) is 5.32 Å². The summed E-state index contributed by atoms with van der Waals surface area (Å²) in [7, 11) is 0. The summed E-state index contributed by atoms with van der Waals surface area (Å²) in [5, 5.41) is 2.34. The second-order valence-electron chi connectivity index (χ2n) is 6.61. The molecule has 1 aromatic rings. The van der Waals surface area contributed by atoms with Crippen molar-refractivity contribution in [3.8, 4) is 0 Å². The van der Waals surface area contributed by atoms with Crippen LogP contribution in [0.3, 0.4) is 0 Å². The van der Waals surface area contributed by atoms with E-state index in [1.807, 2.05) is 0 Å². The molecule has 3 N–H and O–H groups in total. The van der Waals surface area contributed by atoms with E-state index in [9.17, 15) is 18.0 Å². The van der Waals surface area contributed by atoms with Crippen LogP contribution in [0, 0.1) is 0 Å². The lowest BCUT2D eigenvalue weighted by atomic mass is 9.92. The molecule has 1 amide bonds. The van der Waals surface area contributed by atoms with Gasteiger partial charge in [-0.05, 0) is 52.3 Å². The smallest absolute Gasteiger partial charge is 0.416 e. The zero-order valence-corrected chi connectivity index (χ0v) is 13.3. The molecule has 0 aliphatic carbocycles. The number of anilines is 1. The van der Waals surface area contributed by atoms with Crippen LogP contribution >= 0.6 is 0 Å². The fourth-order valence-electron chi connectivity index (χ4n) is 1.80. The van der Waals surface area contributed by atoms with Crippen LogP contribution < -0.4 is 11.1 Å². The van der Waals surface area contributed by atoms with Crippen molar-refractivity contribution in [2.45, 2.75) is 51.9 Å². The Bertz CT molecular complexity index is 555. The molecule has 0 aliphatic rings. The van der Waals surface area contributed by atoms with Gasteiger partial charge >= 0.3 is 12.3 Å². The predicted octanol–water partition coefficient (Wildman–Crippen LogP) is 4.25. The fourth-order valence-corrected chi connectivity index (χ4v) is 1.80. The Labute approximate surface area is 127 Å². The highest BCUT2D eigenvalue weighted by atomic mass is 19.4. The molecule has 1 rings (SSSR count). The minimum absolute atomic E-state index is 0.0171. The van der Waals surface area contributed by atoms with Crippen molar-refractivity contribution in [1.29, 1.82) is 0 Å². The Hall–Kier alpha value is -1.76. The molecule has 0 saturated carbocycles. The van der Waals surface area contributed by atoms with Crippen molar-refractivity contribution < 1.29 is 22.7 Å². The van der Waals surface area contributed by atoms with Gasteiger partial charge in [0.15, 0.2) is 0 Å². The standard InChI is InChI=1S/C15H21F3N2O2/c1-13(2,3)22-12(21)20-11-8-9(15(16,17)18)6-7-10(11)14(4,5)19/h6-8H,19H2,1-5H3,(H,20,21). The minimum Gasteiger partial charge on any atom is -0.444 e. The number of halogens is 3. The van der Waals surface area contributed by atoms with Crippen LogP contribution in [-0.2, 0) is 16.5 Å². The van der Waals surface area contributed by atoms with Crippen LogP contribution in [0.1, 0.15) is 45.7 Å². The van der Waals surface area contributed by atoms with Gasteiger partial charge in [-0.3, -0.25) is 5.32 Å². The maximum absolute atomic E-state index is 12.8. The number of nitrogens with two attached hydrogens (primary N) is 1. The molecule has 124 valence electrons. The van der Waals surface area contributed by atoms with E-state index in [4.69, 9.17) is 10.5 Å². The van der Waals surface area contributed by atoms with Crippen LogP contribution in [0.4, 0.5) is 23.7 Å². The molecule has 22 heavy (non-hydrogen) atoms. The molecule has 0 aromatic heterocycles. The summed E-state index contributed by atoms with van der Waals surface area (Å²) in [4.78, 5) is 11.8. The molecule has 4 nitrogen and oxygen atoms in total. The largest absolute Gasteiger partial charge is 0.444 e. The third-order valence-electron chi connectivity index (χ3n) is 2.68. The zero-order valence-electron chi connectivity index (χ0n) is 13.3. The van der Waals surface area contributed by atoms with E-state index in [2.05, 4.69) is 5.32 Å². The van der Waals surface area contributed by atoms with Gasteiger partial charge in [0, 0.05) is 11.2 Å². The van der Waals surface area contributed by atoms with Crippen molar-refractivity contribution in [1.82, 2.24) is 0 Å². The molecule has 0 unspecified atom stereocenters. The Morgan fingerprint density at radius 3 is 2.09 bits per heavy atom. The average Bonchev–Trinajstić information content (AvgIpc) is 2.23. The first-order valence-electron chi connectivity index (χ1n) is 6.71. The number of carbonyl (C=O) groups is 1. The highest BCUT2D eigenvalue weighted by molar-refractivity contribution is 5.86. The van der Waals surface area contributed by atoms with E-state index in [1.54, 1.807) is 34.6 Å². The van der Waals surface area contributed by atoms with Crippen molar-refractivity contribution in [3.05, 3.63) is 29.3 Å². The molecule has 0 saturated heterocycles. The van der Waals surface area contributed by atoms with E-state index >= 15 is 0 Å². The van der Waals surface area contributed by atoms with E-state index in [0.717, 1.165) is 12.1 Å². The lowest BCUT2D eigenvalue weighted by Crippen LogP contribution is -2.32. The van der Waals surface area contributed by atoms with Gasteiger partial charge in [-0.1, -0.05) is 6.07 Å². The van der Waals surface area contributed by atoms with Crippen LogP contribution in [-0.4, -0.2) is 11.7 Å². The average molecular weight is 318 g/mol. The van der Waals surface area contributed by atoms with Crippen LogP contribution in [0.15, 0.2) is 18.2 Å². The minimum atomic E-state index is -4.51. The van der Waals surface area contributed by atoms with Gasteiger partial charge in [0.2, 0.25) is 0 Å². The Kier molecular flexibility index (Phi) is 4.82. The Morgan fingerprint density at radius 1 is 1.14 bits per heavy atom. The molecule has 0 bridgehead atoms. The summed E-state index contributed by atoms with van der Waals surface area (Å²) in [5.74, 6) is 0. The first kappa shape index (κ1) is 18.3. The van der Waals surface area contributed by atoms with E-state index in [-0.39, 0.29) is 5.69 Å². The monoisotopic (exact) mass is 318 g/mol. The normalized spacial score (nSPS) is 13.0. The Morgan fingerprint density at radius 2 is 1.68 bits per heavy atom. The summed E-state index contributed by atoms with van der Waals surface area (Å²) < 4.78 is 43.6. The maximum atomic E-state index is 12.8. The number of carbonyl (C=O) groups excluding carboxylic acids is 1. The van der Waals surface area contributed by atoms with E-state index in [1.165, 1.54) is 6.07 Å². The van der Waals surface area contributed by atoms with Crippen molar-refractivity contribution in [2.24, 2.45) is 5.73 Å². The van der Waals surface area contributed by atoms with Gasteiger partial charge < -0.3 is 10.5 Å². The topological polar surface area (TPSA) is 64.3 Å². The fraction of sp³-hybridized carbons (Fsp3) is 0.533. The lowest BCUT2D eigenvalue weighted by Gasteiger charge is -2.25. The molecule has 0 heterocycles. The third-order valence-corrected chi connectivity index (χ3v) is 2.68. The summed E-state index contributed by atoms with van der Waals surface area (Å²) in [5.41, 5.74) is 3.76. The van der Waals surface area contributed by atoms with Crippen molar-refractivity contribution >= 4 is 11.8 Å². The van der Waals surface area contributed by atoms with Crippen LogP contribution in [0.5, 0.6) is 0 Å². The summed E-state index contributed by atoms with van der Waals surface area (Å²) in [6, 6.07) is 3.05. The van der Waals surface area contributed by atoms with Crippen LogP contribution in [0.2, 0.25) is 0 Å². The van der Waals surface area contributed by atoms with Gasteiger partial charge in [0.05, 0.1) is 5.56 Å².